The van der Waals surface area contributed by atoms with Gasteiger partial charge in [-0.1, -0.05) is 30.3 Å². The number of benzene rings is 1. The Morgan fingerprint density at radius 3 is 2.79 bits per heavy atom. The van der Waals surface area contributed by atoms with E-state index in [1.54, 1.807) is 6.92 Å². The lowest BCUT2D eigenvalue weighted by atomic mass is 10.1. The third-order valence-electron chi connectivity index (χ3n) is 2.87. The average molecular weight is 277 g/mol. The second-order valence-electron chi connectivity index (χ2n) is 4.56. The van der Waals surface area contributed by atoms with Gasteiger partial charge in [-0.25, -0.2) is 0 Å². The summed E-state index contributed by atoms with van der Waals surface area (Å²) in [6.45, 7) is 2.62. The maximum Gasteiger partial charge on any atom is 0.147 e. The van der Waals surface area contributed by atoms with Crippen LogP contribution >= 0.6 is 11.5 Å². The summed E-state index contributed by atoms with van der Waals surface area (Å²) in [5.41, 5.74) is 8.00. The third kappa shape index (κ3) is 3.68. The molecular weight excluding hydrogens is 258 g/mol. The van der Waals surface area contributed by atoms with Gasteiger partial charge in [0.05, 0.1) is 11.7 Å². The fourth-order valence-corrected chi connectivity index (χ4v) is 2.67. The summed E-state index contributed by atoms with van der Waals surface area (Å²) >= 11 is 1.38. The molecule has 0 radical (unpaired) electrons. The second-order valence-corrected chi connectivity index (χ2v) is 5.33. The summed E-state index contributed by atoms with van der Waals surface area (Å²) in [7, 11) is 0. The number of hydrogen-bond acceptors (Lipinski definition) is 5. The molecule has 0 aliphatic carbocycles. The van der Waals surface area contributed by atoms with Crippen LogP contribution in [0.4, 0.5) is 10.8 Å². The molecule has 1 heterocycles. The topological polar surface area (TPSA) is 71.2 Å². The van der Waals surface area contributed by atoms with E-state index in [1.807, 2.05) is 30.3 Å². The number of nitrogens with one attached hydrogen (secondary N) is 1. The second kappa shape index (κ2) is 6.54. The maximum atomic E-state index is 9.23. The van der Waals surface area contributed by atoms with Gasteiger partial charge in [-0.2, -0.15) is 4.37 Å². The van der Waals surface area contributed by atoms with Gasteiger partial charge in [-0.3, -0.25) is 0 Å². The van der Waals surface area contributed by atoms with Gasteiger partial charge >= 0.3 is 0 Å². The zero-order valence-electron chi connectivity index (χ0n) is 11.0. The molecule has 0 fully saturated rings. The van der Waals surface area contributed by atoms with Crippen molar-refractivity contribution in [2.24, 2.45) is 0 Å². The van der Waals surface area contributed by atoms with Crippen molar-refractivity contribution in [1.29, 1.82) is 0 Å². The Labute approximate surface area is 117 Å². The number of nitrogens with zero attached hydrogens (tertiary/aromatic N) is 1. The highest BCUT2D eigenvalue weighted by Gasteiger charge is 2.12. The Morgan fingerprint density at radius 1 is 1.37 bits per heavy atom. The molecule has 0 aliphatic heterocycles. The molecule has 1 aromatic heterocycles. The Hall–Kier alpha value is -1.59. The Bertz CT molecular complexity index is 511. The molecule has 4 nitrogen and oxygen atoms in total. The molecule has 0 saturated carbocycles. The molecule has 4 N–H and O–H groups in total. The molecule has 2 rings (SSSR count). The van der Waals surface area contributed by atoms with Crippen molar-refractivity contribution < 1.29 is 5.11 Å². The van der Waals surface area contributed by atoms with Crippen LogP contribution in [0.15, 0.2) is 30.3 Å². The highest BCUT2D eigenvalue weighted by molar-refractivity contribution is 7.11. The van der Waals surface area contributed by atoms with Crippen LogP contribution in [0.5, 0.6) is 0 Å². The predicted octanol–water partition coefficient (Wildman–Crippen LogP) is 2.97. The van der Waals surface area contributed by atoms with Gasteiger partial charge in [0, 0.05) is 6.54 Å². The summed E-state index contributed by atoms with van der Waals surface area (Å²) in [4.78, 5) is 0. The zero-order chi connectivity index (χ0) is 13.7. The zero-order valence-corrected chi connectivity index (χ0v) is 11.8. The van der Waals surface area contributed by atoms with Crippen molar-refractivity contribution in [2.45, 2.75) is 25.9 Å². The molecule has 19 heavy (non-hydrogen) atoms. The van der Waals surface area contributed by atoms with E-state index in [0.717, 1.165) is 35.5 Å². The first-order valence-electron chi connectivity index (χ1n) is 6.41. The van der Waals surface area contributed by atoms with Crippen LogP contribution in [0.25, 0.3) is 11.1 Å². The van der Waals surface area contributed by atoms with E-state index in [1.165, 1.54) is 11.5 Å². The van der Waals surface area contributed by atoms with E-state index in [0.29, 0.717) is 5.82 Å². The summed E-state index contributed by atoms with van der Waals surface area (Å²) in [6.07, 6.45) is 1.47. The number of aromatic nitrogens is 1. The van der Waals surface area contributed by atoms with Crippen molar-refractivity contribution in [3.05, 3.63) is 30.3 Å². The Kier molecular flexibility index (Phi) is 4.76. The quantitative estimate of drug-likeness (QED) is 0.710. The smallest absolute Gasteiger partial charge is 0.147 e. The van der Waals surface area contributed by atoms with E-state index in [4.69, 9.17) is 5.73 Å². The maximum absolute atomic E-state index is 9.23. The van der Waals surface area contributed by atoms with Gasteiger partial charge in [-0.05, 0) is 36.9 Å². The van der Waals surface area contributed by atoms with Crippen LogP contribution in [-0.2, 0) is 0 Å². The van der Waals surface area contributed by atoms with Crippen LogP contribution in [0, 0.1) is 0 Å². The van der Waals surface area contributed by atoms with Crippen LogP contribution in [-0.4, -0.2) is 22.1 Å². The minimum absolute atomic E-state index is 0.248. The molecule has 102 valence electrons. The number of nitrogen functional groups attached to an aromatic ring is 1. The number of hydrogen-bond donors (Lipinski definition) is 3. The molecule has 1 aromatic carbocycles. The van der Waals surface area contributed by atoms with Crippen molar-refractivity contribution in [2.75, 3.05) is 17.6 Å². The minimum Gasteiger partial charge on any atom is -0.393 e. The average Bonchev–Trinajstić information content (AvgIpc) is 2.77. The van der Waals surface area contributed by atoms with E-state index in [2.05, 4.69) is 9.69 Å². The normalized spacial score (nSPS) is 12.3. The monoisotopic (exact) mass is 277 g/mol. The number of aliphatic hydroxyl groups is 1. The van der Waals surface area contributed by atoms with Gasteiger partial charge in [0.25, 0.3) is 0 Å². The molecular formula is C14H19N3OS. The van der Waals surface area contributed by atoms with Crippen molar-refractivity contribution in [1.82, 2.24) is 4.37 Å². The molecule has 0 aliphatic rings. The number of aliphatic hydroxyl groups excluding tert-OH is 1. The minimum atomic E-state index is -0.248. The van der Waals surface area contributed by atoms with Crippen LogP contribution in [0.3, 0.4) is 0 Å². The van der Waals surface area contributed by atoms with Crippen LogP contribution in [0.2, 0.25) is 0 Å². The summed E-state index contributed by atoms with van der Waals surface area (Å²) in [5.74, 6) is 0.564. The van der Waals surface area contributed by atoms with Crippen LogP contribution < -0.4 is 11.1 Å². The fraction of sp³-hybridized carbons (Fsp3) is 0.357. The summed E-state index contributed by atoms with van der Waals surface area (Å²) in [6, 6.07) is 10.0. The highest BCUT2D eigenvalue weighted by atomic mass is 32.1. The van der Waals surface area contributed by atoms with Gasteiger partial charge in [0.2, 0.25) is 0 Å². The summed E-state index contributed by atoms with van der Waals surface area (Å²) < 4.78 is 4.21. The first-order valence-corrected chi connectivity index (χ1v) is 7.18. The van der Waals surface area contributed by atoms with Gasteiger partial charge < -0.3 is 16.2 Å². The number of anilines is 2. The lowest BCUT2D eigenvalue weighted by Crippen LogP contribution is -2.06. The van der Waals surface area contributed by atoms with Gasteiger partial charge in [0.1, 0.15) is 10.8 Å². The van der Waals surface area contributed by atoms with E-state index in [9.17, 15) is 5.11 Å². The summed E-state index contributed by atoms with van der Waals surface area (Å²) in [5, 5.41) is 13.6. The lowest BCUT2D eigenvalue weighted by molar-refractivity contribution is 0.183. The van der Waals surface area contributed by atoms with E-state index >= 15 is 0 Å². The van der Waals surface area contributed by atoms with Crippen molar-refractivity contribution in [3.8, 4) is 11.1 Å². The largest absolute Gasteiger partial charge is 0.393 e. The van der Waals surface area contributed by atoms with Crippen LogP contribution in [0.1, 0.15) is 19.8 Å². The first kappa shape index (κ1) is 13.8. The molecule has 0 saturated heterocycles. The third-order valence-corrected chi connectivity index (χ3v) is 3.68. The standard InChI is InChI=1S/C14H19N3OS/c1-10(18)6-5-9-16-14-12(13(15)17-19-14)11-7-3-2-4-8-11/h2-4,7-8,10,16,18H,5-6,9H2,1H3,(H2,15,17). The van der Waals surface area contributed by atoms with E-state index < -0.39 is 0 Å². The highest BCUT2D eigenvalue weighted by Crippen LogP contribution is 2.36. The lowest BCUT2D eigenvalue weighted by Gasteiger charge is -2.08. The molecule has 1 unspecified atom stereocenters. The fourth-order valence-electron chi connectivity index (χ4n) is 1.91. The predicted molar refractivity (Wildman–Crippen MR) is 81.4 cm³/mol. The van der Waals surface area contributed by atoms with Gasteiger partial charge in [-0.15, -0.1) is 0 Å². The molecule has 0 amide bonds. The van der Waals surface area contributed by atoms with E-state index in [-0.39, 0.29) is 6.10 Å². The molecule has 1 atom stereocenters. The Morgan fingerprint density at radius 2 is 2.11 bits per heavy atom. The molecule has 0 spiro atoms. The molecule has 5 heteroatoms. The van der Waals surface area contributed by atoms with Crippen molar-refractivity contribution >= 4 is 22.4 Å². The molecule has 0 bridgehead atoms. The number of nitrogens with two attached hydrogens (primary N) is 1. The first-order chi connectivity index (χ1) is 9.18. The SMILES string of the molecule is CC(O)CCCNc1snc(N)c1-c1ccccc1. The molecule has 2 aromatic rings. The van der Waals surface area contributed by atoms with Gasteiger partial charge in [0.15, 0.2) is 0 Å². The Balaban J connectivity index is 2.06. The number of rotatable bonds is 6. The van der Waals surface area contributed by atoms with Crippen molar-refractivity contribution in [3.63, 3.8) is 0 Å².